The Morgan fingerprint density at radius 1 is 1.15 bits per heavy atom. The smallest absolute Gasteiger partial charge is 0.0767 e. The lowest BCUT2D eigenvalue weighted by molar-refractivity contribution is 0.922. The summed E-state index contributed by atoms with van der Waals surface area (Å²) in [5, 5.41) is 9.00. The molecule has 1 atom stereocenters. The Labute approximate surface area is 203 Å². The van der Waals surface area contributed by atoms with Gasteiger partial charge in [-0.05, 0) is 84.6 Å². The first-order chi connectivity index (χ1) is 16.5. The number of fused-ring (bicyclic) bond motifs is 1. The van der Waals surface area contributed by atoms with Crippen LogP contribution in [0.4, 0.5) is 11.4 Å². The number of H-pyrrole nitrogens is 1. The average molecular weight is 463 g/mol. The van der Waals surface area contributed by atoms with E-state index in [2.05, 4.69) is 87.7 Å². The van der Waals surface area contributed by atoms with Crippen molar-refractivity contribution in [2.75, 3.05) is 4.90 Å². The van der Waals surface area contributed by atoms with Crippen molar-refractivity contribution in [2.45, 2.75) is 19.8 Å². The highest BCUT2D eigenvalue weighted by molar-refractivity contribution is 6.30. The van der Waals surface area contributed by atoms with E-state index < -0.39 is 0 Å². The van der Waals surface area contributed by atoms with Crippen molar-refractivity contribution in [2.24, 2.45) is 4.99 Å². The second kappa shape index (κ2) is 9.05. The van der Waals surface area contributed by atoms with Gasteiger partial charge in [-0.1, -0.05) is 48.5 Å². The number of aromatic nitrogens is 2. The zero-order valence-corrected chi connectivity index (χ0v) is 19.8. The molecule has 34 heavy (non-hydrogen) atoms. The van der Waals surface area contributed by atoms with Gasteiger partial charge in [0.05, 0.1) is 28.8 Å². The van der Waals surface area contributed by atoms with Gasteiger partial charge in [0.1, 0.15) is 0 Å². The molecule has 1 aromatic heterocycles. The maximum Gasteiger partial charge on any atom is 0.0767 e. The van der Waals surface area contributed by atoms with Gasteiger partial charge in [-0.3, -0.25) is 5.10 Å². The Morgan fingerprint density at radius 2 is 2.03 bits per heavy atom. The van der Waals surface area contributed by atoms with Gasteiger partial charge in [-0.25, -0.2) is 4.99 Å². The largest absolute Gasteiger partial charge is 0.307 e. The van der Waals surface area contributed by atoms with Crippen LogP contribution in [0, 0.1) is 0 Å². The zero-order valence-electron chi connectivity index (χ0n) is 19.0. The highest BCUT2D eigenvalue weighted by Crippen LogP contribution is 2.38. The van der Waals surface area contributed by atoms with E-state index in [-0.39, 0.29) is 5.92 Å². The predicted octanol–water partition coefficient (Wildman–Crippen LogP) is 7.78. The minimum absolute atomic E-state index is 0.0933. The minimum atomic E-state index is 0.0933. The van der Waals surface area contributed by atoms with Gasteiger partial charge in [0.25, 0.3) is 0 Å². The molecule has 166 valence electrons. The summed E-state index contributed by atoms with van der Waals surface area (Å²) >= 11 is 6.31. The number of hydrogen-bond acceptors (Lipinski definition) is 3. The fraction of sp³-hybridized carbons (Fsp3) is 0.103. The van der Waals surface area contributed by atoms with Crippen molar-refractivity contribution in [1.82, 2.24) is 10.2 Å². The average Bonchev–Trinajstić information content (AvgIpc) is 3.32. The maximum atomic E-state index is 6.31. The van der Waals surface area contributed by atoms with E-state index in [9.17, 15) is 0 Å². The lowest BCUT2D eigenvalue weighted by Gasteiger charge is -2.29. The van der Waals surface area contributed by atoms with Gasteiger partial charge >= 0.3 is 0 Å². The van der Waals surface area contributed by atoms with Crippen molar-refractivity contribution in [3.63, 3.8) is 0 Å². The molecule has 1 aliphatic heterocycles. The highest BCUT2D eigenvalue weighted by atomic mass is 35.5. The molecule has 1 N–H and O–H groups in total. The van der Waals surface area contributed by atoms with Gasteiger partial charge in [-0.15, -0.1) is 0 Å². The van der Waals surface area contributed by atoms with Crippen molar-refractivity contribution in [3.05, 3.63) is 119 Å². The van der Waals surface area contributed by atoms with Crippen LogP contribution in [-0.2, 0) is 0 Å². The summed E-state index contributed by atoms with van der Waals surface area (Å²) in [6.45, 7) is 7.93. The summed E-state index contributed by atoms with van der Waals surface area (Å²) in [6.07, 6.45) is 5.86. The van der Waals surface area contributed by atoms with Crippen LogP contribution in [-0.4, -0.2) is 16.1 Å². The first kappa shape index (κ1) is 21.8. The Balaban J connectivity index is 1.61. The standard InChI is InChI=1S/C29H23ClN4/c1-4-31-27-14-13-22(15-26(27)20(3)21-11-12-23-18-32-33-28(23)16-21)29-10-5-7-19(2)34(29)25-9-6-8-24(30)17-25/h5-6,8-18,20H,1H2,2-3H3,(H,32,33). The van der Waals surface area contributed by atoms with Crippen LogP contribution in [0.3, 0.4) is 0 Å². The van der Waals surface area contributed by atoms with Gasteiger partial charge in [0.2, 0.25) is 0 Å². The molecule has 1 unspecified atom stereocenters. The van der Waals surface area contributed by atoms with Crippen molar-refractivity contribution in [1.29, 1.82) is 0 Å². The second-order valence-corrected chi connectivity index (χ2v) is 8.68. The van der Waals surface area contributed by atoms with Crippen LogP contribution < -0.4 is 4.90 Å². The van der Waals surface area contributed by atoms with E-state index in [1.54, 1.807) is 0 Å². The van der Waals surface area contributed by atoms with E-state index >= 15 is 0 Å². The van der Waals surface area contributed by atoms with E-state index in [0.717, 1.165) is 44.8 Å². The van der Waals surface area contributed by atoms with E-state index in [1.165, 1.54) is 5.56 Å². The summed E-state index contributed by atoms with van der Waals surface area (Å²) < 4.78 is 0. The number of aliphatic imine (C=N–C) groups is 1. The molecule has 5 rings (SSSR count). The predicted molar refractivity (Wildman–Crippen MR) is 142 cm³/mol. The quantitative estimate of drug-likeness (QED) is 0.243. The molecule has 3 aromatic carbocycles. The molecule has 0 aliphatic carbocycles. The Morgan fingerprint density at radius 3 is 2.85 bits per heavy atom. The third kappa shape index (κ3) is 4.03. The number of benzene rings is 3. The third-order valence-corrected chi connectivity index (χ3v) is 6.37. The van der Waals surface area contributed by atoms with Crippen LogP contribution in [0.25, 0.3) is 16.6 Å². The molecule has 0 radical (unpaired) electrons. The van der Waals surface area contributed by atoms with E-state index in [0.29, 0.717) is 5.02 Å². The van der Waals surface area contributed by atoms with Crippen LogP contribution in [0.5, 0.6) is 0 Å². The molecule has 0 saturated carbocycles. The van der Waals surface area contributed by atoms with Crippen LogP contribution in [0.15, 0.2) is 102 Å². The van der Waals surface area contributed by atoms with Crippen LogP contribution in [0.2, 0.25) is 5.02 Å². The Hall–Kier alpha value is -4.07. The van der Waals surface area contributed by atoms with Crippen molar-refractivity contribution < 1.29 is 0 Å². The van der Waals surface area contributed by atoms with Crippen molar-refractivity contribution >= 4 is 45.4 Å². The molecule has 2 heterocycles. The normalized spacial score (nSPS) is 13.9. The zero-order chi connectivity index (χ0) is 23.7. The first-order valence-corrected chi connectivity index (χ1v) is 11.4. The number of rotatable bonds is 5. The topological polar surface area (TPSA) is 44.3 Å². The molecule has 0 saturated heterocycles. The lowest BCUT2D eigenvalue weighted by Crippen LogP contribution is -2.20. The van der Waals surface area contributed by atoms with E-state index in [1.807, 2.05) is 43.5 Å². The number of allylic oxidation sites excluding steroid dienone is 2. The molecule has 0 bridgehead atoms. The monoisotopic (exact) mass is 462 g/mol. The van der Waals surface area contributed by atoms with E-state index in [4.69, 9.17) is 11.6 Å². The molecule has 1 aliphatic rings. The van der Waals surface area contributed by atoms with Gasteiger partial charge < -0.3 is 4.90 Å². The number of nitrogens with one attached hydrogen (secondary N) is 1. The van der Waals surface area contributed by atoms with Crippen LogP contribution in [0.1, 0.15) is 36.5 Å². The molecular weight excluding hydrogens is 440 g/mol. The summed E-state index contributed by atoms with van der Waals surface area (Å²) in [7, 11) is 0. The number of anilines is 1. The lowest BCUT2D eigenvalue weighted by atomic mass is 9.89. The van der Waals surface area contributed by atoms with Crippen LogP contribution >= 0.6 is 11.6 Å². The number of halogens is 1. The molecule has 4 nitrogen and oxygen atoms in total. The Bertz CT molecular complexity index is 1550. The molecule has 0 fully saturated rings. The van der Waals surface area contributed by atoms with Gasteiger partial charge in [0, 0.05) is 22.0 Å². The molecule has 0 spiro atoms. The molecule has 5 heteroatoms. The number of aromatic amines is 1. The molecule has 4 aromatic rings. The summed E-state index contributed by atoms with van der Waals surface area (Å²) in [4.78, 5) is 6.61. The maximum absolute atomic E-state index is 6.31. The minimum Gasteiger partial charge on any atom is -0.307 e. The summed E-state index contributed by atoms with van der Waals surface area (Å²) in [5.41, 5.74) is 11.6. The van der Waals surface area contributed by atoms with Gasteiger partial charge in [-0.2, -0.15) is 5.10 Å². The Kier molecular flexibility index (Phi) is 5.79. The first-order valence-electron chi connectivity index (χ1n) is 11.0. The molecule has 0 amide bonds. The number of nitrogens with zero attached hydrogens (tertiary/aromatic N) is 3. The molecular formula is C29H23ClN4. The third-order valence-electron chi connectivity index (χ3n) is 6.13. The highest BCUT2D eigenvalue weighted by Gasteiger charge is 2.21. The SMILES string of the molecule is C=C=Nc1ccc(C2=CC=C=C(C)N2c2cccc(Cl)c2)cc1C(C)c1ccc2cn[nH]c2c1. The summed E-state index contributed by atoms with van der Waals surface area (Å²) in [6, 6.07) is 20.6. The fourth-order valence-corrected chi connectivity index (χ4v) is 4.57. The fourth-order valence-electron chi connectivity index (χ4n) is 4.39. The van der Waals surface area contributed by atoms with Gasteiger partial charge in [0.15, 0.2) is 0 Å². The second-order valence-electron chi connectivity index (χ2n) is 8.25. The van der Waals surface area contributed by atoms with Crippen molar-refractivity contribution in [3.8, 4) is 0 Å². The summed E-state index contributed by atoms with van der Waals surface area (Å²) in [5.74, 6) is 2.80. The number of hydrogen-bond donors (Lipinski definition) is 1.